The van der Waals surface area contributed by atoms with Crippen molar-refractivity contribution in [3.63, 3.8) is 0 Å². The summed E-state index contributed by atoms with van der Waals surface area (Å²) in [6.45, 7) is 0. The van der Waals surface area contributed by atoms with Crippen LogP contribution in [-0.2, 0) is 10.8 Å². The molecule has 1 unspecified atom stereocenters. The van der Waals surface area contributed by atoms with Crippen molar-refractivity contribution in [3.05, 3.63) is 64.7 Å². The largest absolute Gasteiger partial charge is 0.359 e. The van der Waals surface area contributed by atoms with Gasteiger partial charge in [-0.15, -0.1) is 0 Å². The number of benzene rings is 2. The van der Waals surface area contributed by atoms with Crippen molar-refractivity contribution in [1.82, 2.24) is 5.16 Å². The van der Waals surface area contributed by atoms with Gasteiger partial charge < -0.3 is 5.21 Å². The van der Waals surface area contributed by atoms with Crippen LogP contribution in [-0.4, -0.2) is 9.37 Å². The minimum absolute atomic E-state index is 0.345. The quantitative estimate of drug-likeness (QED) is 0.692. The number of aromatic nitrogens is 2. The maximum absolute atomic E-state index is 12.0. The van der Waals surface area contributed by atoms with Crippen LogP contribution in [0.4, 0.5) is 0 Å². The van der Waals surface area contributed by atoms with Gasteiger partial charge in [-0.3, -0.25) is 4.63 Å². The van der Waals surface area contributed by atoms with Crippen molar-refractivity contribution >= 4 is 27.9 Å². The first-order valence-corrected chi connectivity index (χ1v) is 7.09. The molecule has 0 saturated heterocycles. The second-order valence-electron chi connectivity index (χ2n) is 4.09. The highest BCUT2D eigenvalue weighted by Crippen LogP contribution is 2.13. The molecule has 0 aliphatic carbocycles. The summed E-state index contributed by atoms with van der Waals surface area (Å²) in [5.74, 6) is 0. The lowest BCUT2D eigenvalue weighted by Crippen LogP contribution is -2.22. The Balaban J connectivity index is 1.87. The van der Waals surface area contributed by atoms with Gasteiger partial charge in [0.1, 0.15) is 0 Å². The maximum atomic E-state index is 12.0. The molecule has 1 atom stereocenters. The Kier molecular flexibility index (Phi) is 3.30. The van der Waals surface area contributed by atoms with E-state index in [2.05, 4.69) is 9.79 Å². The van der Waals surface area contributed by atoms with E-state index in [-0.39, 0.29) is 0 Å². The highest BCUT2D eigenvalue weighted by molar-refractivity contribution is 7.88. The molecule has 0 saturated carbocycles. The monoisotopic (exact) mass is 286 g/mol. The second kappa shape index (κ2) is 5.26. The van der Waals surface area contributed by atoms with Crippen molar-refractivity contribution in [2.24, 2.45) is 0 Å². The molecule has 3 aromatic rings. The van der Waals surface area contributed by atoms with Crippen LogP contribution in [0, 0.1) is 5.21 Å². The molecule has 6 heteroatoms. The average molecular weight is 286 g/mol. The molecule has 0 amide bonds. The number of hydrogen-bond donors (Lipinski definition) is 0. The predicted molar refractivity (Wildman–Crippen MR) is 74.9 cm³/mol. The van der Waals surface area contributed by atoms with Crippen LogP contribution in [0.15, 0.2) is 63.5 Å². The highest BCUT2D eigenvalue weighted by atomic mass is 32.2. The van der Waals surface area contributed by atoms with Crippen LogP contribution in [0.1, 0.15) is 5.56 Å². The van der Waals surface area contributed by atoms with Gasteiger partial charge in [-0.1, -0.05) is 24.3 Å². The molecule has 0 spiro atoms. The van der Waals surface area contributed by atoms with E-state index in [1.807, 2.05) is 18.2 Å². The van der Waals surface area contributed by atoms with E-state index < -0.39 is 10.8 Å². The average Bonchev–Trinajstić information content (AvgIpc) is 2.87. The van der Waals surface area contributed by atoms with E-state index in [1.54, 1.807) is 41.8 Å². The number of nitrogens with zero attached hydrogens (tertiary/aromatic N) is 2. The van der Waals surface area contributed by atoms with Gasteiger partial charge in [-0.05, 0) is 34.7 Å². The van der Waals surface area contributed by atoms with Gasteiger partial charge in [0, 0.05) is 21.5 Å². The van der Waals surface area contributed by atoms with Gasteiger partial charge in [0.2, 0.25) is 11.0 Å². The Morgan fingerprint density at radius 2 is 2.00 bits per heavy atom. The second-order valence-corrected chi connectivity index (χ2v) is 5.43. The molecule has 0 aliphatic heterocycles. The van der Waals surface area contributed by atoms with E-state index in [0.717, 1.165) is 10.5 Å². The van der Waals surface area contributed by atoms with Crippen molar-refractivity contribution in [2.75, 3.05) is 0 Å². The lowest BCUT2D eigenvalue weighted by atomic mass is 10.2. The SMILES string of the molecule is O=S(/C=C\c1ccc2no[n+]([O-])c2c1)c1ccccc1. The summed E-state index contributed by atoms with van der Waals surface area (Å²) >= 11 is 0. The van der Waals surface area contributed by atoms with Crippen LogP contribution in [0.25, 0.3) is 17.1 Å². The van der Waals surface area contributed by atoms with Crippen molar-refractivity contribution in [3.8, 4) is 0 Å². The van der Waals surface area contributed by atoms with Gasteiger partial charge in [-0.2, -0.15) is 0 Å². The lowest BCUT2D eigenvalue weighted by molar-refractivity contribution is -0.782. The Morgan fingerprint density at radius 1 is 1.20 bits per heavy atom. The Bertz CT molecular complexity index is 797. The molecule has 0 aliphatic rings. The molecule has 0 N–H and O–H groups in total. The summed E-state index contributed by atoms with van der Waals surface area (Å²) in [7, 11) is -1.22. The van der Waals surface area contributed by atoms with Gasteiger partial charge in [-0.25, -0.2) is 4.21 Å². The summed E-state index contributed by atoms with van der Waals surface area (Å²) in [6, 6.07) is 14.2. The summed E-state index contributed by atoms with van der Waals surface area (Å²) in [5.41, 5.74) is 1.59. The first-order chi connectivity index (χ1) is 9.74. The minimum Gasteiger partial charge on any atom is -0.359 e. The molecule has 3 rings (SSSR count). The van der Waals surface area contributed by atoms with Crippen molar-refractivity contribution < 1.29 is 13.7 Å². The lowest BCUT2D eigenvalue weighted by Gasteiger charge is -1.95. The summed E-state index contributed by atoms with van der Waals surface area (Å²) in [4.78, 5) is 1.08. The summed E-state index contributed by atoms with van der Waals surface area (Å²) in [5, 5.41) is 16.5. The Labute approximate surface area is 117 Å². The zero-order valence-corrected chi connectivity index (χ0v) is 11.1. The number of hydrogen-bond acceptors (Lipinski definition) is 4. The maximum Gasteiger partial charge on any atom is 0.248 e. The molecule has 20 heavy (non-hydrogen) atoms. The van der Waals surface area contributed by atoms with Gasteiger partial charge in [0.15, 0.2) is 0 Å². The molecular weight excluding hydrogens is 276 g/mol. The molecular formula is C14H10N2O3S. The highest BCUT2D eigenvalue weighted by Gasteiger charge is 2.08. The zero-order valence-electron chi connectivity index (χ0n) is 10.3. The summed E-state index contributed by atoms with van der Waals surface area (Å²) in [6.07, 6.45) is 1.70. The topological polar surface area (TPSA) is 70.0 Å². The van der Waals surface area contributed by atoms with Gasteiger partial charge in [0.05, 0.1) is 10.8 Å². The summed E-state index contributed by atoms with van der Waals surface area (Å²) < 4.78 is 16.5. The van der Waals surface area contributed by atoms with Crippen molar-refractivity contribution in [1.29, 1.82) is 0 Å². The zero-order chi connectivity index (χ0) is 13.9. The van der Waals surface area contributed by atoms with Crippen LogP contribution in [0.2, 0.25) is 0 Å². The first kappa shape index (κ1) is 12.6. The van der Waals surface area contributed by atoms with Crippen molar-refractivity contribution in [2.45, 2.75) is 4.90 Å². The van der Waals surface area contributed by atoms with Gasteiger partial charge >= 0.3 is 0 Å². The fraction of sp³-hybridized carbons (Fsp3) is 0. The third kappa shape index (κ3) is 2.46. The number of rotatable bonds is 3. The number of fused-ring (bicyclic) bond motifs is 1. The smallest absolute Gasteiger partial charge is 0.248 e. The molecule has 1 heterocycles. The molecule has 2 aromatic carbocycles. The van der Waals surface area contributed by atoms with Crippen LogP contribution >= 0.6 is 0 Å². The normalized spacial score (nSPS) is 13.0. The van der Waals surface area contributed by atoms with Gasteiger partial charge in [0.25, 0.3) is 0 Å². The molecule has 0 bridgehead atoms. The third-order valence-electron chi connectivity index (χ3n) is 2.77. The Hall–Kier alpha value is -2.47. The molecule has 100 valence electrons. The van der Waals surface area contributed by atoms with Crippen LogP contribution < -0.4 is 4.90 Å². The molecule has 1 aromatic heterocycles. The standard InChI is InChI=1S/C14H10N2O3S/c17-16-14-10-11(6-7-13(14)15-19-16)8-9-20(18)12-4-2-1-3-5-12/h1-10H/b9-8-. The molecule has 0 fully saturated rings. The van der Waals surface area contributed by atoms with E-state index in [9.17, 15) is 9.42 Å². The van der Waals surface area contributed by atoms with Crippen LogP contribution in [0.5, 0.6) is 0 Å². The molecule has 0 radical (unpaired) electrons. The minimum atomic E-state index is -1.22. The van der Waals surface area contributed by atoms with E-state index >= 15 is 0 Å². The fourth-order valence-electron chi connectivity index (χ4n) is 1.77. The van der Waals surface area contributed by atoms with E-state index in [4.69, 9.17) is 0 Å². The Morgan fingerprint density at radius 3 is 2.80 bits per heavy atom. The first-order valence-electron chi connectivity index (χ1n) is 5.87. The van der Waals surface area contributed by atoms with E-state index in [1.165, 1.54) is 0 Å². The van der Waals surface area contributed by atoms with Crippen LogP contribution in [0.3, 0.4) is 0 Å². The third-order valence-corrected chi connectivity index (χ3v) is 3.89. The molecule has 5 nitrogen and oxygen atoms in total. The fourth-order valence-corrected chi connectivity index (χ4v) is 2.63. The van der Waals surface area contributed by atoms with E-state index in [0.29, 0.717) is 15.9 Å². The predicted octanol–water partition coefficient (Wildman–Crippen LogP) is 2.24.